The summed E-state index contributed by atoms with van der Waals surface area (Å²) in [6.07, 6.45) is 2.60. The average Bonchev–Trinajstić information content (AvgIpc) is 3.15. The Balaban J connectivity index is 1.41. The standard InChI is InChI=1S/C24H25N5O2/c30-24-27-22-23(29(24)11-5-10-28-12-14-31-15-13-28)26-21(17-25-22)20-9-4-8-19(16-20)18-6-2-1-3-7-18/h1-4,6-9,16-17H,5,10-15H2,(H,25,27,30). The molecule has 158 valence electrons. The highest BCUT2D eigenvalue weighted by Crippen LogP contribution is 2.25. The number of aromatic nitrogens is 4. The molecular formula is C24H25N5O2. The van der Waals surface area contributed by atoms with Crippen molar-refractivity contribution in [3.8, 4) is 22.4 Å². The van der Waals surface area contributed by atoms with Crippen LogP contribution < -0.4 is 5.69 Å². The lowest BCUT2D eigenvalue weighted by atomic mass is 10.0. The number of aromatic amines is 1. The van der Waals surface area contributed by atoms with E-state index >= 15 is 0 Å². The second kappa shape index (κ2) is 8.83. The summed E-state index contributed by atoms with van der Waals surface area (Å²) in [5, 5.41) is 0. The van der Waals surface area contributed by atoms with Gasteiger partial charge in [0.05, 0.1) is 25.1 Å². The van der Waals surface area contributed by atoms with Crippen molar-refractivity contribution in [3.63, 3.8) is 0 Å². The van der Waals surface area contributed by atoms with Gasteiger partial charge >= 0.3 is 5.69 Å². The van der Waals surface area contributed by atoms with Gasteiger partial charge in [0.15, 0.2) is 11.3 Å². The lowest BCUT2D eigenvalue weighted by Gasteiger charge is -2.26. The molecule has 2 aromatic carbocycles. The van der Waals surface area contributed by atoms with E-state index in [0.717, 1.165) is 61.7 Å². The third-order valence-electron chi connectivity index (χ3n) is 5.71. The monoisotopic (exact) mass is 415 g/mol. The fraction of sp³-hybridized carbons (Fsp3) is 0.292. The van der Waals surface area contributed by atoms with E-state index in [2.05, 4.69) is 39.1 Å². The van der Waals surface area contributed by atoms with Crippen LogP contribution in [0.1, 0.15) is 6.42 Å². The van der Waals surface area contributed by atoms with Gasteiger partial charge in [-0.25, -0.2) is 14.8 Å². The lowest BCUT2D eigenvalue weighted by Crippen LogP contribution is -2.37. The Morgan fingerprint density at radius 1 is 0.935 bits per heavy atom. The molecule has 5 rings (SSSR count). The van der Waals surface area contributed by atoms with Crippen molar-refractivity contribution in [2.24, 2.45) is 0 Å². The van der Waals surface area contributed by atoms with Crippen LogP contribution in [-0.4, -0.2) is 57.3 Å². The minimum Gasteiger partial charge on any atom is -0.379 e. The van der Waals surface area contributed by atoms with Crippen molar-refractivity contribution in [1.29, 1.82) is 0 Å². The van der Waals surface area contributed by atoms with Gasteiger partial charge in [-0.3, -0.25) is 14.5 Å². The molecule has 1 N–H and O–H groups in total. The maximum absolute atomic E-state index is 12.5. The number of morpholine rings is 1. The predicted molar refractivity (Wildman–Crippen MR) is 121 cm³/mol. The van der Waals surface area contributed by atoms with E-state index in [1.54, 1.807) is 10.8 Å². The number of rotatable bonds is 6. The molecule has 7 nitrogen and oxygen atoms in total. The van der Waals surface area contributed by atoms with Crippen molar-refractivity contribution in [2.75, 3.05) is 32.8 Å². The van der Waals surface area contributed by atoms with E-state index in [4.69, 9.17) is 9.72 Å². The molecule has 1 fully saturated rings. The number of benzene rings is 2. The van der Waals surface area contributed by atoms with Crippen LogP contribution in [0.4, 0.5) is 0 Å². The molecule has 0 atom stereocenters. The summed E-state index contributed by atoms with van der Waals surface area (Å²) >= 11 is 0. The molecule has 0 saturated carbocycles. The summed E-state index contributed by atoms with van der Waals surface area (Å²) < 4.78 is 7.10. The van der Waals surface area contributed by atoms with E-state index in [1.165, 1.54) is 0 Å². The van der Waals surface area contributed by atoms with Crippen LogP contribution in [0.2, 0.25) is 0 Å². The van der Waals surface area contributed by atoms with Crippen LogP contribution in [0.3, 0.4) is 0 Å². The molecule has 3 heterocycles. The molecule has 4 aromatic rings. The Morgan fingerprint density at radius 2 is 1.71 bits per heavy atom. The summed E-state index contributed by atoms with van der Waals surface area (Å²) in [5.41, 5.74) is 4.98. The van der Waals surface area contributed by atoms with E-state index in [-0.39, 0.29) is 5.69 Å². The van der Waals surface area contributed by atoms with Crippen molar-refractivity contribution in [3.05, 3.63) is 71.3 Å². The summed E-state index contributed by atoms with van der Waals surface area (Å²) in [7, 11) is 0. The maximum atomic E-state index is 12.5. The van der Waals surface area contributed by atoms with E-state index in [1.807, 2.05) is 30.3 Å². The van der Waals surface area contributed by atoms with E-state index in [9.17, 15) is 4.79 Å². The van der Waals surface area contributed by atoms with Gasteiger partial charge in [0, 0.05) is 31.7 Å². The number of nitrogens with zero attached hydrogens (tertiary/aromatic N) is 4. The van der Waals surface area contributed by atoms with Crippen molar-refractivity contribution in [1.82, 2.24) is 24.4 Å². The van der Waals surface area contributed by atoms with Gasteiger partial charge in [-0.1, -0.05) is 48.5 Å². The Labute approximate surface area is 180 Å². The van der Waals surface area contributed by atoms with Crippen LogP contribution >= 0.6 is 0 Å². The Kier molecular flexibility index (Phi) is 5.60. The molecule has 0 unspecified atom stereocenters. The normalized spacial score (nSPS) is 14.8. The number of aryl methyl sites for hydroxylation is 1. The van der Waals surface area contributed by atoms with Crippen LogP contribution in [0, 0.1) is 0 Å². The molecule has 0 amide bonds. The Bertz CT molecular complexity index is 1230. The lowest BCUT2D eigenvalue weighted by molar-refractivity contribution is 0.0369. The van der Waals surface area contributed by atoms with Gasteiger partial charge in [-0.15, -0.1) is 0 Å². The largest absolute Gasteiger partial charge is 0.379 e. The van der Waals surface area contributed by atoms with Crippen molar-refractivity contribution < 1.29 is 4.74 Å². The minimum atomic E-state index is -0.160. The number of ether oxygens (including phenoxy) is 1. The second-order valence-electron chi connectivity index (χ2n) is 7.76. The zero-order valence-electron chi connectivity index (χ0n) is 17.3. The van der Waals surface area contributed by atoms with Crippen molar-refractivity contribution in [2.45, 2.75) is 13.0 Å². The Morgan fingerprint density at radius 3 is 2.55 bits per heavy atom. The highest BCUT2D eigenvalue weighted by molar-refractivity contribution is 5.74. The quantitative estimate of drug-likeness (QED) is 0.523. The molecule has 0 radical (unpaired) electrons. The highest BCUT2D eigenvalue weighted by Gasteiger charge is 2.14. The smallest absolute Gasteiger partial charge is 0.328 e. The molecule has 1 aliphatic rings. The molecule has 31 heavy (non-hydrogen) atoms. The third-order valence-corrected chi connectivity index (χ3v) is 5.71. The highest BCUT2D eigenvalue weighted by atomic mass is 16.5. The number of hydrogen-bond acceptors (Lipinski definition) is 5. The average molecular weight is 415 g/mol. The first kappa shape index (κ1) is 19.7. The fourth-order valence-corrected chi connectivity index (χ4v) is 4.03. The van der Waals surface area contributed by atoms with Gasteiger partial charge in [0.2, 0.25) is 0 Å². The van der Waals surface area contributed by atoms with Crippen LogP contribution in [0.25, 0.3) is 33.7 Å². The first-order chi connectivity index (χ1) is 15.3. The van der Waals surface area contributed by atoms with Gasteiger partial charge in [0.1, 0.15) is 0 Å². The molecule has 0 aliphatic carbocycles. The number of hydrogen-bond donors (Lipinski definition) is 1. The topological polar surface area (TPSA) is 76.0 Å². The molecule has 7 heteroatoms. The summed E-state index contributed by atoms with van der Waals surface area (Å²) in [6.45, 7) is 5.01. The SMILES string of the molecule is O=c1[nH]c2ncc(-c3cccc(-c4ccccc4)c3)nc2n1CCCN1CCOCC1. The third kappa shape index (κ3) is 4.28. The van der Waals surface area contributed by atoms with Gasteiger partial charge in [0.25, 0.3) is 0 Å². The second-order valence-corrected chi connectivity index (χ2v) is 7.76. The molecule has 1 saturated heterocycles. The molecule has 0 bridgehead atoms. The number of H-pyrrole nitrogens is 1. The van der Waals surface area contributed by atoms with Crippen LogP contribution in [0.5, 0.6) is 0 Å². The van der Waals surface area contributed by atoms with Gasteiger partial charge < -0.3 is 4.74 Å². The summed E-state index contributed by atoms with van der Waals surface area (Å²) in [6, 6.07) is 18.5. The number of imidazole rings is 1. The van der Waals surface area contributed by atoms with Crippen LogP contribution in [0.15, 0.2) is 65.6 Å². The molecule has 2 aromatic heterocycles. The Hall–Kier alpha value is -3.29. The van der Waals surface area contributed by atoms with Crippen molar-refractivity contribution >= 4 is 11.3 Å². The maximum Gasteiger partial charge on any atom is 0.328 e. The number of nitrogens with one attached hydrogen (secondary N) is 1. The van der Waals surface area contributed by atoms with Crippen LogP contribution in [-0.2, 0) is 11.3 Å². The summed E-state index contributed by atoms with van der Waals surface area (Å²) in [5.74, 6) is 0. The molecule has 0 spiro atoms. The first-order valence-electron chi connectivity index (χ1n) is 10.7. The van der Waals surface area contributed by atoms with Gasteiger partial charge in [-0.05, 0) is 23.6 Å². The zero-order valence-corrected chi connectivity index (χ0v) is 17.3. The zero-order chi connectivity index (χ0) is 21.0. The van der Waals surface area contributed by atoms with E-state index in [0.29, 0.717) is 17.8 Å². The van der Waals surface area contributed by atoms with E-state index < -0.39 is 0 Å². The fourth-order valence-electron chi connectivity index (χ4n) is 4.03. The molecular weight excluding hydrogens is 390 g/mol. The summed E-state index contributed by atoms with van der Waals surface area (Å²) in [4.78, 5) is 27.0. The molecule has 1 aliphatic heterocycles. The number of fused-ring (bicyclic) bond motifs is 1. The minimum absolute atomic E-state index is 0.160. The first-order valence-corrected chi connectivity index (χ1v) is 10.7. The predicted octanol–water partition coefficient (Wildman–Crippen LogP) is 3.18. The van der Waals surface area contributed by atoms with Gasteiger partial charge in [-0.2, -0.15) is 0 Å².